The van der Waals surface area contributed by atoms with Gasteiger partial charge < -0.3 is 0 Å². The molecule has 4 rings (SSSR count). The van der Waals surface area contributed by atoms with Crippen molar-refractivity contribution in [3.8, 4) is 11.1 Å². The highest BCUT2D eigenvalue weighted by Gasteiger charge is 2.13. The Morgan fingerprint density at radius 1 is 0.444 bits per heavy atom. The maximum absolute atomic E-state index is 11.5. The molecule has 0 aromatic heterocycles. The second-order valence-electron chi connectivity index (χ2n) is 7.94. The van der Waals surface area contributed by atoms with Gasteiger partial charge in [-0.2, -0.15) is 16.8 Å². The van der Waals surface area contributed by atoms with Crippen molar-refractivity contribution in [1.29, 1.82) is 0 Å². The molecular weight excluding hydrogens is 496 g/mol. The van der Waals surface area contributed by atoms with E-state index in [9.17, 15) is 25.9 Å². The summed E-state index contributed by atoms with van der Waals surface area (Å²) in [4.78, 5) is -0.290. The van der Waals surface area contributed by atoms with Gasteiger partial charge >= 0.3 is 0 Å². The SMILES string of the molecule is O=S(=O)(O)c1ccccc1C=Cc1ccc(-c2ccc(/C=C/c3ccccc3S(=O)(=O)O)cc2)cc1. The van der Waals surface area contributed by atoms with Crippen molar-refractivity contribution in [1.82, 2.24) is 0 Å². The minimum atomic E-state index is -4.31. The monoisotopic (exact) mass is 518 g/mol. The summed E-state index contributed by atoms with van der Waals surface area (Å²) < 4.78 is 64.9. The van der Waals surface area contributed by atoms with E-state index in [1.165, 1.54) is 12.1 Å². The second-order valence-corrected chi connectivity index (χ2v) is 10.7. The summed E-state index contributed by atoms with van der Waals surface area (Å²) in [5.74, 6) is 0. The molecule has 0 saturated heterocycles. The number of benzene rings is 4. The normalized spacial score (nSPS) is 12.4. The van der Waals surface area contributed by atoms with Crippen LogP contribution in [0.3, 0.4) is 0 Å². The fourth-order valence-electron chi connectivity index (χ4n) is 3.65. The first kappa shape index (κ1) is 25.3. The third kappa shape index (κ3) is 6.24. The van der Waals surface area contributed by atoms with Crippen LogP contribution in [-0.2, 0) is 20.2 Å². The first-order chi connectivity index (χ1) is 17.1. The van der Waals surface area contributed by atoms with Crippen LogP contribution < -0.4 is 0 Å². The first-order valence-electron chi connectivity index (χ1n) is 10.8. The Kier molecular flexibility index (Phi) is 7.32. The van der Waals surface area contributed by atoms with Crippen LogP contribution in [0, 0.1) is 0 Å². The molecule has 182 valence electrons. The fraction of sp³-hybridized carbons (Fsp3) is 0. The number of hydrogen-bond acceptors (Lipinski definition) is 4. The highest BCUT2D eigenvalue weighted by Crippen LogP contribution is 2.24. The van der Waals surface area contributed by atoms with Crippen LogP contribution in [0.25, 0.3) is 35.4 Å². The van der Waals surface area contributed by atoms with Gasteiger partial charge in [0, 0.05) is 0 Å². The Morgan fingerprint density at radius 3 is 1.11 bits per heavy atom. The Balaban J connectivity index is 1.49. The maximum Gasteiger partial charge on any atom is 0.295 e. The third-order valence-corrected chi connectivity index (χ3v) is 7.31. The zero-order valence-electron chi connectivity index (χ0n) is 18.9. The summed E-state index contributed by atoms with van der Waals surface area (Å²) in [6.45, 7) is 0. The molecule has 8 heteroatoms. The molecule has 2 N–H and O–H groups in total. The predicted molar refractivity (Wildman–Crippen MR) is 142 cm³/mol. The van der Waals surface area contributed by atoms with Crippen molar-refractivity contribution >= 4 is 44.5 Å². The van der Waals surface area contributed by atoms with Crippen LogP contribution in [0.1, 0.15) is 22.3 Å². The third-order valence-electron chi connectivity index (χ3n) is 5.46. The summed E-state index contributed by atoms with van der Waals surface area (Å²) in [6.07, 6.45) is 6.82. The van der Waals surface area contributed by atoms with Gasteiger partial charge in [0.1, 0.15) is 9.79 Å². The van der Waals surface area contributed by atoms with E-state index in [-0.39, 0.29) is 9.79 Å². The van der Waals surface area contributed by atoms with Crippen LogP contribution >= 0.6 is 0 Å². The molecule has 0 radical (unpaired) electrons. The van der Waals surface area contributed by atoms with Gasteiger partial charge in [0.25, 0.3) is 20.2 Å². The highest BCUT2D eigenvalue weighted by atomic mass is 32.2. The first-order valence-corrected chi connectivity index (χ1v) is 13.7. The Bertz CT molecular complexity index is 1520. The largest absolute Gasteiger partial charge is 0.295 e. The Labute approximate surface area is 210 Å². The van der Waals surface area contributed by atoms with Crippen molar-refractivity contribution in [3.63, 3.8) is 0 Å². The average Bonchev–Trinajstić information content (AvgIpc) is 2.86. The molecule has 0 bridgehead atoms. The van der Waals surface area contributed by atoms with Crippen molar-refractivity contribution < 1.29 is 25.9 Å². The zero-order valence-corrected chi connectivity index (χ0v) is 20.5. The zero-order chi connectivity index (χ0) is 25.8. The van der Waals surface area contributed by atoms with E-state index < -0.39 is 20.2 Å². The molecule has 6 nitrogen and oxygen atoms in total. The van der Waals surface area contributed by atoms with Gasteiger partial charge in [-0.3, -0.25) is 9.11 Å². The number of rotatable bonds is 7. The molecule has 0 unspecified atom stereocenters. The molecule has 0 aliphatic carbocycles. The molecule has 0 spiro atoms. The van der Waals surface area contributed by atoms with Crippen LogP contribution in [0.2, 0.25) is 0 Å². The lowest BCUT2D eigenvalue weighted by molar-refractivity contribution is 0.480. The molecule has 0 saturated carbocycles. The lowest BCUT2D eigenvalue weighted by Crippen LogP contribution is -2.00. The fourth-order valence-corrected chi connectivity index (χ4v) is 5.02. The average molecular weight is 519 g/mol. The maximum atomic E-state index is 11.5. The van der Waals surface area contributed by atoms with E-state index in [4.69, 9.17) is 0 Å². The molecule has 0 aliphatic rings. The molecule has 0 heterocycles. The molecule has 4 aromatic rings. The van der Waals surface area contributed by atoms with E-state index in [0.29, 0.717) is 11.1 Å². The van der Waals surface area contributed by atoms with E-state index >= 15 is 0 Å². The summed E-state index contributed by atoms with van der Waals surface area (Å²) in [5, 5.41) is 0. The smallest absolute Gasteiger partial charge is 0.282 e. The minimum Gasteiger partial charge on any atom is -0.282 e. The van der Waals surface area contributed by atoms with Gasteiger partial charge in [0.15, 0.2) is 0 Å². The topological polar surface area (TPSA) is 109 Å². The lowest BCUT2D eigenvalue weighted by atomic mass is 10.0. The van der Waals surface area contributed by atoms with Crippen LogP contribution in [0.15, 0.2) is 107 Å². The molecule has 0 aliphatic heterocycles. The molecule has 36 heavy (non-hydrogen) atoms. The van der Waals surface area contributed by atoms with E-state index in [1.807, 2.05) is 48.5 Å². The van der Waals surface area contributed by atoms with Crippen molar-refractivity contribution in [2.24, 2.45) is 0 Å². The van der Waals surface area contributed by atoms with Gasteiger partial charge in [-0.15, -0.1) is 0 Å². The Morgan fingerprint density at radius 2 is 0.778 bits per heavy atom. The van der Waals surface area contributed by atoms with Gasteiger partial charge in [-0.05, 0) is 45.5 Å². The summed E-state index contributed by atoms with van der Waals surface area (Å²) in [7, 11) is -8.61. The summed E-state index contributed by atoms with van der Waals surface area (Å²) in [6, 6.07) is 27.8. The minimum absolute atomic E-state index is 0.145. The lowest BCUT2D eigenvalue weighted by Gasteiger charge is -2.05. The van der Waals surface area contributed by atoms with Crippen LogP contribution in [0.4, 0.5) is 0 Å². The van der Waals surface area contributed by atoms with E-state index in [0.717, 1.165) is 22.3 Å². The molecule has 0 atom stereocenters. The van der Waals surface area contributed by atoms with Gasteiger partial charge in [0.2, 0.25) is 0 Å². The molecule has 0 fully saturated rings. The standard InChI is InChI=1S/C28H22O6S2/c29-35(30,31)27-7-3-1-5-25(27)19-13-21-9-15-23(16-10-21)24-17-11-22(12-18-24)14-20-26-6-2-4-8-28(26)36(32,33)34/h1-20H,(H,29,30,31)(H,32,33,34)/b19-13+,20-14?. The van der Waals surface area contributed by atoms with E-state index in [2.05, 4.69) is 0 Å². The molecule has 0 amide bonds. The van der Waals surface area contributed by atoms with Crippen LogP contribution in [-0.4, -0.2) is 25.9 Å². The van der Waals surface area contributed by atoms with E-state index in [1.54, 1.807) is 60.7 Å². The van der Waals surface area contributed by atoms with Crippen molar-refractivity contribution in [2.45, 2.75) is 9.79 Å². The van der Waals surface area contributed by atoms with Crippen LogP contribution in [0.5, 0.6) is 0 Å². The molecular formula is C28H22O6S2. The quantitative estimate of drug-likeness (QED) is 0.223. The second kappa shape index (κ2) is 10.4. The number of hydrogen-bond donors (Lipinski definition) is 2. The summed E-state index contributed by atoms with van der Waals surface area (Å²) in [5.41, 5.74) is 4.48. The van der Waals surface area contributed by atoms with Gasteiger partial charge in [-0.1, -0.05) is 109 Å². The highest BCUT2D eigenvalue weighted by molar-refractivity contribution is 7.86. The van der Waals surface area contributed by atoms with Gasteiger partial charge in [-0.25, -0.2) is 0 Å². The summed E-state index contributed by atoms with van der Waals surface area (Å²) >= 11 is 0. The van der Waals surface area contributed by atoms with Gasteiger partial charge in [0.05, 0.1) is 0 Å². The molecule has 4 aromatic carbocycles. The predicted octanol–water partition coefficient (Wildman–Crippen LogP) is 6.19. The Hall–Kier alpha value is -3.82. The van der Waals surface area contributed by atoms with Crippen molar-refractivity contribution in [3.05, 3.63) is 119 Å². The van der Waals surface area contributed by atoms with Crippen molar-refractivity contribution in [2.75, 3.05) is 0 Å².